The molecule has 2 N–H and O–H groups in total. The molecule has 0 spiro atoms. The van der Waals surface area contributed by atoms with E-state index < -0.39 is 0 Å². The number of anilines is 3. The number of aromatic nitrogens is 3. The van der Waals surface area contributed by atoms with Crippen molar-refractivity contribution in [2.24, 2.45) is 0 Å². The molecule has 28 heavy (non-hydrogen) atoms. The van der Waals surface area contributed by atoms with E-state index in [4.69, 9.17) is 0 Å². The molecule has 0 bridgehead atoms. The van der Waals surface area contributed by atoms with Crippen molar-refractivity contribution in [1.29, 1.82) is 0 Å². The number of hydrogen-bond donors (Lipinski definition) is 2. The van der Waals surface area contributed by atoms with Gasteiger partial charge in [-0.25, -0.2) is 4.98 Å². The van der Waals surface area contributed by atoms with E-state index in [1.54, 1.807) is 6.20 Å². The first kappa shape index (κ1) is 19.8. The van der Waals surface area contributed by atoms with Crippen molar-refractivity contribution in [3.8, 4) is 11.3 Å². The zero-order valence-electron chi connectivity index (χ0n) is 17.0. The van der Waals surface area contributed by atoms with Crippen LogP contribution in [0.15, 0.2) is 48.8 Å². The van der Waals surface area contributed by atoms with Crippen molar-refractivity contribution >= 4 is 17.5 Å². The van der Waals surface area contributed by atoms with E-state index in [1.807, 2.05) is 30.5 Å². The average Bonchev–Trinajstić information content (AvgIpc) is 2.69. The molecule has 1 aromatic carbocycles. The van der Waals surface area contributed by atoms with Crippen molar-refractivity contribution in [2.45, 2.75) is 20.3 Å². The van der Waals surface area contributed by atoms with Crippen molar-refractivity contribution in [3.05, 3.63) is 59.9 Å². The SMILES string of the molecule is Cc1cccc(Nc2cc(-c3cccnc3)nc(NCCCN(C)C)n2)c1C. The summed E-state index contributed by atoms with van der Waals surface area (Å²) < 4.78 is 0. The predicted octanol–water partition coefficient (Wildman–Crippen LogP) is 4.26. The van der Waals surface area contributed by atoms with Crippen LogP contribution >= 0.6 is 0 Å². The van der Waals surface area contributed by atoms with Crippen LogP contribution in [0.4, 0.5) is 17.5 Å². The summed E-state index contributed by atoms with van der Waals surface area (Å²) in [4.78, 5) is 15.7. The molecule has 3 rings (SSSR count). The highest BCUT2D eigenvalue weighted by atomic mass is 15.1. The fourth-order valence-electron chi connectivity index (χ4n) is 2.87. The lowest BCUT2D eigenvalue weighted by molar-refractivity contribution is 0.405. The summed E-state index contributed by atoms with van der Waals surface area (Å²) in [6.07, 6.45) is 4.60. The van der Waals surface area contributed by atoms with Gasteiger partial charge in [0.1, 0.15) is 5.82 Å². The van der Waals surface area contributed by atoms with Gasteiger partial charge in [-0.05, 0) is 70.2 Å². The Morgan fingerprint density at radius 1 is 1.04 bits per heavy atom. The Hall–Kier alpha value is -2.99. The Bertz CT molecular complexity index is 908. The zero-order valence-corrected chi connectivity index (χ0v) is 17.0. The summed E-state index contributed by atoms with van der Waals surface area (Å²) in [5.74, 6) is 1.38. The molecule has 6 nitrogen and oxygen atoms in total. The third-order valence-corrected chi connectivity index (χ3v) is 4.62. The summed E-state index contributed by atoms with van der Waals surface area (Å²) in [5, 5.41) is 6.81. The van der Waals surface area contributed by atoms with Crippen molar-refractivity contribution in [2.75, 3.05) is 37.8 Å². The zero-order chi connectivity index (χ0) is 19.9. The molecule has 0 aliphatic carbocycles. The van der Waals surface area contributed by atoms with Gasteiger partial charge in [-0.3, -0.25) is 4.98 Å². The van der Waals surface area contributed by atoms with Crippen LogP contribution in [0.3, 0.4) is 0 Å². The van der Waals surface area contributed by atoms with E-state index in [0.717, 1.165) is 42.3 Å². The predicted molar refractivity (Wildman–Crippen MR) is 116 cm³/mol. The molecular formula is C22H28N6. The minimum absolute atomic E-state index is 0.618. The molecule has 6 heteroatoms. The van der Waals surface area contributed by atoms with Crippen LogP contribution in [0.5, 0.6) is 0 Å². The van der Waals surface area contributed by atoms with Gasteiger partial charge in [0.05, 0.1) is 5.69 Å². The second-order valence-corrected chi connectivity index (χ2v) is 7.16. The molecule has 146 valence electrons. The lowest BCUT2D eigenvalue weighted by atomic mass is 10.1. The number of rotatable bonds is 8. The molecule has 0 unspecified atom stereocenters. The quantitative estimate of drug-likeness (QED) is 0.573. The van der Waals surface area contributed by atoms with Gasteiger partial charge < -0.3 is 15.5 Å². The second-order valence-electron chi connectivity index (χ2n) is 7.16. The first-order valence-corrected chi connectivity index (χ1v) is 9.54. The van der Waals surface area contributed by atoms with Crippen molar-refractivity contribution in [1.82, 2.24) is 19.9 Å². The van der Waals surface area contributed by atoms with E-state index in [9.17, 15) is 0 Å². The lowest BCUT2D eigenvalue weighted by Gasteiger charge is -2.14. The smallest absolute Gasteiger partial charge is 0.225 e. The maximum Gasteiger partial charge on any atom is 0.225 e. The molecule has 0 saturated carbocycles. The fourth-order valence-corrected chi connectivity index (χ4v) is 2.87. The number of aryl methyl sites for hydroxylation is 1. The number of nitrogens with one attached hydrogen (secondary N) is 2. The Morgan fingerprint density at radius 3 is 2.64 bits per heavy atom. The largest absolute Gasteiger partial charge is 0.354 e. The van der Waals surface area contributed by atoms with Crippen molar-refractivity contribution in [3.63, 3.8) is 0 Å². The van der Waals surface area contributed by atoms with E-state index in [1.165, 1.54) is 11.1 Å². The topological polar surface area (TPSA) is 66.0 Å². The van der Waals surface area contributed by atoms with Crippen LogP contribution in [0.1, 0.15) is 17.5 Å². The minimum Gasteiger partial charge on any atom is -0.354 e. The molecule has 3 aromatic rings. The molecule has 0 amide bonds. The van der Waals surface area contributed by atoms with Crippen LogP contribution in [0.25, 0.3) is 11.3 Å². The molecule has 0 fully saturated rings. The molecular weight excluding hydrogens is 348 g/mol. The van der Waals surface area contributed by atoms with Gasteiger partial charge in [0.15, 0.2) is 0 Å². The van der Waals surface area contributed by atoms with Gasteiger partial charge in [0, 0.05) is 36.3 Å². The Labute approximate surface area is 167 Å². The summed E-state index contributed by atoms with van der Waals surface area (Å²) in [6, 6.07) is 12.1. The van der Waals surface area contributed by atoms with Crippen LogP contribution in [-0.4, -0.2) is 47.0 Å². The molecule has 0 atom stereocenters. The van der Waals surface area contributed by atoms with E-state index in [2.05, 4.69) is 70.6 Å². The molecule has 0 aliphatic heterocycles. The third-order valence-electron chi connectivity index (χ3n) is 4.62. The molecule has 0 saturated heterocycles. The standard InChI is InChI=1S/C22H28N6/c1-16-8-5-10-19(17(16)2)25-21-14-20(18-9-6-11-23-15-18)26-22(27-21)24-12-7-13-28(3)4/h5-6,8-11,14-15H,7,12-13H2,1-4H3,(H2,24,25,26,27). The summed E-state index contributed by atoms with van der Waals surface area (Å²) >= 11 is 0. The van der Waals surface area contributed by atoms with Crippen LogP contribution in [0.2, 0.25) is 0 Å². The molecule has 2 heterocycles. The maximum absolute atomic E-state index is 4.69. The first-order chi connectivity index (χ1) is 13.5. The maximum atomic E-state index is 4.69. The van der Waals surface area contributed by atoms with E-state index in [-0.39, 0.29) is 0 Å². The summed E-state index contributed by atoms with van der Waals surface area (Å²) in [5.41, 5.74) is 5.31. The van der Waals surface area contributed by atoms with Gasteiger partial charge in [-0.1, -0.05) is 12.1 Å². The number of hydrogen-bond acceptors (Lipinski definition) is 6. The van der Waals surface area contributed by atoms with Gasteiger partial charge >= 0.3 is 0 Å². The van der Waals surface area contributed by atoms with E-state index in [0.29, 0.717) is 5.95 Å². The Balaban J connectivity index is 1.87. The molecule has 2 aromatic heterocycles. The molecule has 0 aliphatic rings. The minimum atomic E-state index is 0.618. The molecule has 0 radical (unpaired) electrons. The van der Waals surface area contributed by atoms with Gasteiger partial charge in [-0.2, -0.15) is 4.98 Å². The van der Waals surface area contributed by atoms with Crippen LogP contribution in [0, 0.1) is 13.8 Å². The first-order valence-electron chi connectivity index (χ1n) is 9.54. The average molecular weight is 377 g/mol. The van der Waals surface area contributed by atoms with Gasteiger partial charge in [-0.15, -0.1) is 0 Å². The van der Waals surface area contributed by atoms with Crippen LogP contribution < -0.4 is 10.6 Å². The highest BCUT2D eigenvalue weighted by Crippen LogP contribution is 2.25. The van der Waals surface area contributed by atoms with Gasteiger partial charge in [0.2, 0.25) is 5.95 Å². The Kier molecular flexibility index (Phi) is 6.55. The van der Waals surface area contributed by atoms with Crippen LogP contribution in [-0.2, 0) is 0 Å². The van der Waals surface area contributed by atoms with Gasteiger partial charge in [0.25, 0.3) is 0 Å². The fraction of sp³-hybridized carbons (Fsp3) is 0.318. The normalized spacial score (nSPS) is 10.9. The van der Waals surface area contributed by atoms with E-state index >= 15 is 0 Å². The number of pyridine rings is 1. The monoisotopic (exact) mass is 376 g/mol. The highest BCUT2D eigenvalue weighted by molar-refractivity contribution is 5.68. The summed E-state index contributed by atoms with van der Waals surface area (Å²) in [7, 11) is 4.15. The number of nitrogens with zero attached hydrogens (tertiary/aromatic N) is 4. The van der Waals surface area contributed by atoms with Crippen molar-refractivity contribution < 1.29 is 0 Å². The lowest BCUT2D eigenvalue weighted by Crippen LogP contribution is -2.17. The third kappa shape index (κ3) is 5.27. The number of benzene rings is 1. The second kappa shape index (κ2) is 9.28. The highest BCUT2D eigenvalue weighted by Gasteiger charge is 2.09. The Morgan fingerprint density at radius 2 is 1.89 bits per heavy atom. The summed E-state index contributed by atoms with van der Waals surface area (Å²) in [6.45, 7) is 6.06.